The monoisotopic (exact) mass is 816 g/mol. The van der Waals surface area contributed by atoms with Crippen LogP contribution in [0, 0.1) is 0 Å². The molecule has 302 valence electrons. The van der Waals surface area contributed by atoms with Crippen LogP contribution < -0.4 is 9.80 Å². The molecule has 11 rings (SSSR count). The van der Waals surface area contributed by atoms with Crippen molar-refractivity contribution < 1.29 is 0 Å². The third kappa shape index (κ3) is 7.81. The summed E-state index contributed by atoms with van der Waals surface area (Å²) in [6.45, 7) is 0. The fourth-order valence-electron chi connectivity index (χ4n) is 8.91. The topological polar surface area (TPSA) is 6.48 Å². The lowest BCUT2D eigenvalue weighted by atomic mass is 9.99. The molecule has 64 heavy (non-hydrogen) atoms. The molecule has 0 fully saturated rings. The average molecular weight is 817 g/mol. The highest BCUT2D eigenvalue weighted by Gasteiger charge is 2.16. The first-order chi connectivity index (χ1) is 31.7. The van der Waals surface area contributed by atoms with Gasteiger partial charge in [-0.1, -0.05) is 182 Å². The van der Waals surface area contributed by atoms with Crippen molar-refractivity contribution in [1.82, 2.24) is 0 Å². The molecule has 2 heteroatoms. The van der Waals surface area contributed by atoms with Gasteiger partial charge in [0.2, 0.25) is 0 Å². The third-order valence-corrected chi connectivity index (χ3v) is 12.1. The van der Waals surface area contributed by atoms with Crippen molar-refractivity contribution in [3.63, 3.8) is 0 Å². The molecule has 0 saturated heterocycles. The minimum absolute atomic E-state index is 1.12. The Bertz CT molecular complexity index is 3230. The molecule has 0 aliphatic rings. The quantitative estimate of drug-likeness (QED) is 0.100. The molecule has 2 nitrogen and oxygen atoms in total. The van der Waals surface area contributed by atoms with Crippen LogP contribution in [0.25, 0.3) is 67.4 Å². The zero-order valence-corrected chi connectivity index (χ0v) is 35.3. The van der Waals surface area contributed by atoms with Crippen LogP contribution in [0.1, 0.15) is 22.3 Å². The van der Waals surface area contributed by atoms with E-state index in [2.05, 4.69) is 277 Å². The summed E-state index contributed by atoms with van der Waals surface area (Å²) in [5.74, 6) is 0. The first kappa shape index (κ1) is 38.5. The number of anilines is 6. The first-order valence-electron chi connectivity index (χ1n) is 21.9. The van der Waals surface area contributed by atoms with E-state index < -0.39 is 0 Å². The highest BCUT2D eigenvalue weighted by Crippen LogP contribution is 2.40. The van der Waals surface area contributed by atoms with Gasteiger partial charge in [0.05, 0.1) is 11.4 Å². The summed E-state index contributed by atoms with van der Waals surface area (Å²) in [5, 5.41) is 9.82. The molecule has 0 atom stereocenters. The lowest BCUT2D eigenvalue weighted by Crippen LogP contribution is -2.10. The SMILES string of the molecule is C(=Cc1ccc2cc3cc(C=Cc4ccc(N(c5ccccc5)c5cccc6ccccc56)cc4)ccc3cc2c1)c1ccc(N(c2ccccc2)c2cccc3ccccc23)cc1. The van der Waals surface area contributed by atoms with E-state index in [9.17, 15) is 0 Å². The van der Waals surface area contributed by atoms with Crippen molar-refractivity contribution in [3.8, 4) is 0 Å². The second-order valence-electron chi connectivity index (χ2n) is 16.3. The number of fused-ring (bicyclic) bond motifs is 4. The van der Waals surface area contributed by atoms with E-state index >= 15 is 0 Å². The third-order valence-electron chi connectivity index (χ3n) is 12.1. The minimum Gasteiger partial charge on any atom is -0.310 e. The van der Waals surface area contributed by atoms with Crippen molar-refractivity contribution in [2.24, 2.45) is 0 Å². The number of nitrogens with zero attached hydrogens (tertiary/aromatic N) is 2. The van der Waals surface area contributed by atoms with Crippen LogP contribution in [0.15, 0.2) is 243 Å². The van der Waals surface area contributed by atoms with Crippen LogP contribution >= 0.6 is 0 Å². The number of hydrogen-bond donors (Lipinski definition) is 0. The van der Waals surface area contributed by atoms with Gasteiger partial charge in [0.1, 0.15) is 0 Å². The molecule has 0 bridgehead atoms. The molecule has 11 aromatic rings. The smallest absolute Gasteiger partial charge is 0.0540 e. The maximum Gasteiger partial charge on any atom is 0.0540 e. The van der Waals surface area contributed by atoms with Crippen molar-refractivity contribution in [3.05, 3.63) is 265 Å². The molecule has 0 N–H and O–H groups in total. The second-order valence-corrected chi connectivity index (χ2v) is 16.3. The molecule has 0 saturated carbocycles. The molecule has 11 aromatic carbocycles. The van der Waals surface area contributed by atoms with Gasteiger partial charge < -0.3 is 9.80 Å². The van der Waals surface area contributed by atoms with E-state index in [0.29, 0.717) is 0 Å². The van der Waals surface area contributed by atoms with Gasteiger partial charge in [0.25, 0.3) is 0 Å². The summed E-state index contributed by atoms with van der Waals surface area (Å²) >= 11 is 0. The molecule has 0 amide bonds. The Morgan fingerprint density at radius 2 is 0.562 bits per heavy atom. The van der Waals surface area contributed by atoms with Gasteiger partial charge in [0.15, 0.2) is 0 Å². The summed E-state index contributed by atoms with van der Waals surface area (Å²) in [4.78, 5) is 4.68. The molecular weight excluding hydrogens is 773 g/mol. The molecule has 0 spiro atoms. The van der Waals surface area contributed by atoms with Crippen LogP contribution in [0.3, 0.4) is 0 Å². The number of hydrogen-bond acceptors (Lipinski definition) is 2. The van der Waals surface area contributed by atoms with Gasteiger partial charge in [-0.25, -0.2) is 0 Å². The molecule has 0 aliphatic heterocycles. The van der Waals surface area contributed by atoms with Gasteiger partial charge in [-0.05, 0) is 140 Å². The summed E-state index contributed by atoms with van der Waals surface area (Å²) < 4.78 is 0. The van der Waals surface area contributed by atoms with Crippen LogP contribution in [0.5, 0.6) is 0 Å². The van der Waals surface area contributed by atoms with E-state index in [1.807, 2.05) is 0 Å². The molecule has 0 unspecified atom stereocenters. The summed E-state index contributed by atoms with van der Waals surface area (Å²) in [5.41, 5.74) is 11.5. The van der Waals surface area contributed by atoms with E-state index in [4.69, 9.17) is 0 Å². The van der Waals surface area contributed by atoms with Crippen molar-refractivity contribution >= 4 is 102 Å². The zero-order valence-electron chi connectivity index (χ0n) is 35.3. The largest absolute Gasteiger partial charge is 0.310 e. The summed E-state index contributed by atoms with van der Waals surface area (Å²) in [7, 11) is 0. The molecule has 0 heterocycles. The summed E-state index contributed by atoms with van der Waals surface area (Å²) in [6.07, 6.45) is 8.82. The highest BCUT2D eigenvalue weighted by molar-refractivity contribution is 6.02. The summed E-state index contributed by atoms with van der Waals surface area (Å²) in [6, 6.07) is 87.2. The number of rotatable bonds is 10. The van der Waals surface area contributed by atoms with Crippen LogP contribution in [0.4, 0.5) is 34.1 Å². The number of para-hydroxylation sites is 2. The first-order valence-corrected chi connectivity index (χ1v) is 21.9. The lowest BCUT2D eigenvalue weighted by molar-refractivity contribution is 1.30. The maximum atomic E-state index is 2.34. The van der Waals surface area contributed by atoms with Gasteiger partial charge >= 0.3 is 0 Å². The normalized spacial score (nSPS) is 11.6. The molecular formula is C62H44N2. The van der Waals surface area contributed by atoms with E-state index in [0.717, 1.165) is 45.3 Å². The number of benzene rings is 11. The average Bonchev–Trinajstić information content (AvgIpc) is 3.36. The van der Waals surface area contributed by atoms with Crippen LogP contribution in [-0.4, -0.2) is 0 Å². The van der Waals surface area contributed by atoms with Gasteiger partial charge in [-0.2, -0.15) is 0 Å². The zero-order chi connectivity index (χ0) is 42.7. The highest BCUT2D eigenvalue weighted by atomic mass is 15.1. The van der Waals surface area contributed by atoms with Gasteiger partial charge in [-0.3, -0.25) is 0 Å². The Morgan fingerprint density at radius 3 is 1.00 bits per heavy atom. The molecule has 0 aromatic heterocycles. The van der Waals surface area contributed by atoms with Crippen molar-refractivity contribution in [2.45, 2.75) is 0 Å². The van der Waals surface area contributed by atoms with Crippen LogP contribution in [-0.2, 0) is 0 Å². The predicted molar refractivity (Wildman–Crippen MR) is 277 cm³/mol. The van der Waals surface area contributed by atoms with Gasteiger partial charge in [0, 0.05) is 33.5 Å². The Kier molecular flexibility index (Phi) is 10.3. The predicted octanol–water partition coefficient (Wildman–Crippen LogP) is 17.6. The fourth-order valence-corrected chi connectivity index (χ4v) is 8.91. The van der Waals surface area contributed by atoms with E-state index in [1.54, 1.807) is 0 Å². The Balaban J connectivity index is 0.810. The second kappa shape index (κ2) is 17.1. The fraction of sp³-hybridized carbons (Fsp3) is 0. The van der Waals surface area contributed by atoms with Gasteiger partial charge in [-0.15, -0.1) is 0 Å². The van der Waals surface area contributed by atoms with Crippen LogP contribution in [0.2, 0.25) is 0 Å². The standard InChI is InChI=1S/C62H44N2/c1-3-17-55(18-4-1)63(61-23-11-15-49-13-7-9-21-59(49)61)57-37-31-45(32-38-57)25-27-47-29-35-51-44-54-42-48(30-36-52(54)43-53(51)41-47)28-26-46-33-39-58(40-34-46)64(56-19-5-2-6-20-56)62-24-12-16-50-14-8-10-22-60(50)62/h1-44H. The Hall–Kier alpha value is -8.46. The van der Waals surface area contributed by atoms with E-state index in [-0.39, 0.29) is 0 Å². The maximum absolute atomic E-state index is 2.34. The Morgan fingerprint density at radius 1 is 0.219 bits per heavy atom. The van der Waals surface area contributed by atoms with E-state index in [1.165, 1.54) is 54.2 Å². The minimum atomic E-state index is 1.12. The molecule has 0 radical (unpaired) electrons. The molecule has 0 aliphatic carbocycles. The Labute approximate surface area is 374 Å². The van der Waals surface area contributed by atoms with Crippen molar-refractivity contribution in [2.75, 3.05) is 9.80 Å². The lowest BCUT2D eigenvalue weighted by Gasteiger charge is -2.27. The van der Waals surface area contributed by atoms with Crippen molar-refractivity contribution in [1.29, 1.82) is 0 Å².